The smallest absolute Gasteiger partial charge is 0.261 e. The number of aryl methyl sites for hydroxylation is 2. The number of carbonyl (C=O) groups excluding carboxylic acids is 2. The Balaban J connectivity index is 1.81. The summed E-state index contributed by atoms with van der Waals surface area (Å²) in [4.78, 5) is 24.1. The van der Waals surface area contributed by atoms with Gasteiger partial charge >= 0.3 is 0 Å². The third-order valence-electron chi connectivity index (χ3n) is 4.52. The molecule has 0 unspecified atom stereocenters. The molecule has 3 rings (SSSR count). The van der Waals surface area contributed by atoms with Crippen molar-refractivity contribution in [2.24, 2.45) is 0 Å². The first-order chi connectivity index (χ1) is 14.6. The fourth-order valence-electron chi connectivity index (χ4n) is 2.88. The number of sulfonamides is 1. The van der Waals surface area contributed by atoms with Crippen LogP contribution >= 0.6 is 0 Å². The van der Waals surface area contributed by atoms with Crippen molar-refractivity contribution in [3.05, 3.63) is 83.4 Å². The molecule has 0 saturated heterocycles. The average molecular weight is 438 g/mol. The van der Waals surface area contributed by atoms with E-state index in [0.29, 0.717) is 22.6 Å². The van der Waals surface area contributed by atoms with E-state index < -0.39 is 15.9 Å². The van der Waals surface area contributed by atoms with Gasteiger partial charge in [-0.3, -0.25) is 14.3 Å². The van der Waals surface area contributed by atoms with Gasteiger partial charge in [0.25, 0.3) is 15.9 Å². The number of benzene rings is 3. The van der Waals surface area contributed by atoms with Crippen LogP contribution in [-0.2, 0) is 14.8 Å². The number of carbonyl (C=O) groups is 2. The molecule has 3 aromatic rings. The third-order valence-corrected chi connectivity index (χ3v) is 5.90. The number of rotatable bonds is 6. The van der Waals surface area contributed by atoms with E-state index in [9.17, 15) is 18.0 Å². The van der Waals surface area contributed by atoms with Crippen molar-refractivity contribution in [2.75, 3.05) is 15.4 Å². The van der Waals surface area contributed by atoms with E-state index in [2.05, 4.69) is 15.4 Å². The highest BCUT2D eigenvalue weighted by atomic mass is 32.2. The zero-order valence-corrected chi connectivity index (χ0v) is 18.2. The van der Waals surface area contributed by atoms with Crippen molar-refractivity contribution in [1.82, 2.24) is 0 Å². The topological polar surface area (TPSA) is 104 Å². The Kier molecular flexibility index (Phi) is 6.41. The molecule has 0 aliphatic heterocycles. The molecule has 3 aromatic carbocycles. The van der Waals surface area contributed by atoms with Crippen LogP contribution in [0, 0.1) is 13.8 Å². The number of hydrogen-bond acceptors (Lipinski definition) is 4. The second-order valence-corrected chi connectivity index (χ2v) is 8.85. The van der Waals surface area contributed by atoms with Crippen LogP contribution in [0.2, 0.25) is 0 Å². The summed E-state index contributed by atoms with van der Waals surface area (Å²) in [6.07, 6.45) is 0. The summed E-state index contributed by atoms with van der Waals surface area (Å²) in [5.41, 5.74) is 3.30. The zero-order valence-electron chi connectivity index (χ0n) is 17.4. The predicted octanol–water partition coefficient (Wildman–Crippen LogP) is 4.31. The Labute approximate surface area is 181 Å². The molecule has 0 bridgehead atoms. The lowest BCUT2D eigenvalue weighted by Crippen LogP contribution is -2.16. The Morgan fingerprint density at radius 3 is 2.10 bits per heavy atom. The van der Waals surface area contributed by atoms with Gasteiger partial charge in [-0.15, -0.1) is 0 Å². The fraction of sp³-hybridized carbons (Fsp3) is 0.130. The number of hydrogen-bond donors (Lipinski definition) is 3. The van der Waals surface area contributed by atoms with Gasteiger partial charge < -0.3 is 10.6 Å². The van der Waals surface area contributed by atoms with Crippen LogP contribution in [-0.4, -0.2) is 20.2 Å². The Morgan fingerprint density at radius 1 is 0.806 bits per heavy atom. The van der Waals surface area contributed by atoms with Crippen molar-refractivity contribution in [3.8, 4) is 0 Å². The first-order valence-corrected chi connectivity index (χ1v) is 11.0. The van der Waals surface area contributed by atoms with Crippen LogP contribution in [0.25, 0.3) is 0 Å². The van der Waals surface area contributed by atoms with Crippen LogP contribution in [0.5, 0.6) is 0 Å². The Bertz CT molecular complexity index is 1240. The first kappa shape index (κ1) is 22.0. The van der Waals surface area contributed by atoms with Gasteiger partial charge in [0.05, 0.1) is 10.6 Å². The van der Waals surface area contributed by atoms with Crippen molar-refractivity contribution < 1.29 is 18.0 Å². The molecule has 0 aliphatic rings. The van der Waals surface area contributed by atoms with E-state index in [1.54, 1.807) is 55.5 Å². The lowest BCUT2D eigenvalue weighted by Gasteiger charge is -2.13. The van der Waals surface area contributed by atoms with E-state index >= 15 is 0 Å². The standard InChI is InChI=1S/C23H23N3O4S/c1-15-7-11-21(12-8-15)31(29,30)26-22-13-18(10-9-16(22)2)23(28)25-20-6-4-5-19(14-20)24-17(3)27/h4-14,26H,1-3H3,(H,24,27)(H,25,28). The van der Waals surface area contributed by atoms with Crippen molar-refractivity contribution in [2.45, 2.75) is 25.7 Å². The highest BCUT2D eigenvalue weighted by molar-refractivity contribution is 7.92. The monoisotopic (exact) mass is 437 g/mol. The van der Waals surface area contributed by atoms with E-state index in [1.807, 2.05) is 6.92 Å². The molecule has 8 heteroatoms. The summed E-state index contributed by atoms with van der Waals surface area (Å²) in [6.45, 7) is 5.03. The van der Waals surface area contributed by atoms with Crippen LogP contribution in [0.4, 0.5) is 17.1 Å². The average Bonchev–Trinajstić information content (AvgIpc) is 2.69. The normalized spacial score (nSPS) is 10.9. The Hall–Kier alpha value is -3.65. The molecule has 160 valence electrons. The van der Waals surface area contributed by atoms with Crippen molar-refractivity contribution >= 4 is 38.9 Å². The van der Waals surface area contributed by atoms with E-state index in [0.717, 1.165) is 5.56 Å². The lowest BCUT2D eigenvalue weighted by atomic mass is 10.1. The summed E-state index contributed by atoms with van der Waals surface area (Å²) in [6, 6.07) is 18.0. The van der Waals surface area contributed by atoms with E-state index in [-0.39, 0.29) is 16.4 Å². The maximum absolute atomic E-state index is 12.7. The number of anilines is 3. The molecule has 7 nitrogen and oxygen atoms in total. The fourth-order valence-corrected chi connectivity index (χ4v) is 4.00. The predicted molar refractivity (Wildman–Crippen MR) is 122 cm³/mol. The molecule has 0 aliphatic carbocycles. The molecule has 0 radical (unpaired) electrons. The molecule has 0 fully saturated rings. The molecule has 0 heterocycles. The summed E-state index contributed by atoms with van der Waals surface area (Å²) in [7, 11) is -3.79. The zero-order chi connectivity index (χ0) is 22.6. The lowest BCUT2D eigenvalue weighted by molar-refractivity contribution is -0.114. The highest BCUT2D eigenvalue weighted by Crippen LogP contribution is 2.23. The number of nitrogens with one attached hydrogen (secondary N) is 3. The van der Waals surface area contributed by atoms with Gasteiger partial charge in [0.1, 0.15) is 0 Å². The molecular formula is C23H23N3O4S. The summed E-state index contributed by atoms with van der Waals surface area (Å²) in [5, 5.41) is 5.40. The minimum absolute atomic E-state index is 0.141. The summed E-state index contributed by atoms with van der Waals surface area (Å²) in [5.74, 6) is -0.622. The highest BCUT2D eigenvalue weighted by Gasteiger charge is 2.17. The second kappa shape index (κ2) is 9.01. The van der Waals surface area contributed by atoms with Gasteiger partial charge in [-0.05, 0) is 61.9 Å². The first-order valence-electron chi connectivity index (χ1n) is 9.53. The molecule has 3 N–H and O–H groups in total. The maximum atomic E-state index is 12.7. The third kappa shape index (κ3) is 5.70. The molecular weight excluding hydrogens is 414 g/mol. The molecule has 0 aromatic heterocycles. The quantitative estimate of drug-likeness (QED) is 0.534. The minimum Gasteiger partial charge on any atom is -0.326 e. The van der Waals surface area contributed by atoms with Crippen LogP contribution in [0.3, 0.4) is 0 Å². The summed E-state index contributed by atoms with van der Waals surface area (Å²) >= 11 is 0. The van der Waals surface area contributed by atoms with Gasteiger partial charge in [0.2, 0.25) is 5.91 Å². The Morgan fingerprint density at radius 2 is 1.45 bits per heavy atom. The second-order valence-electron chi connectivity index (χ2n) is 7.16. The van der Waals surface area contributed by atoms with Gasteiger partial charge in [0.15, 0.2) is 0 Å². The van der Waals surface area contributed by atoms with Crippen LogP contribution < -0.4 is 15.4 Å². The maximum Gasteiger partial charge on any atom is 0.261 e. The van der Waals surface area contributed by atoms with Crippen molar-refractivity contribution in [3.63, 3.8) is 0 Å². The molecule has 31 heavy (non-hydrogen) atoms. The van der Waals surface area contributed by atoms with Gasteiger partial charge in [-0.2, -0.15) is 0 Å². The largest absolute Gasteiger partial charge is 0.326 e. The van der Waals surface area contributed by atoms with Crippen molar-refractivity contribution in [1.29, 1.82) is 0 Å². The number of amides is 2. The van der Waals surface area contributed by atoms with E-state index in [4.69, 9.17) is 0 Å². The van der Waals surface area contributed by atoms with Gasteiger partial charge in [-0.25, -0.2) is 8.42 Å². The van der Waals surface area contributed by atoms with Crippen LogP contribution in [0.1, 0.15) is 28.4 Å². The minimum atomic E-state index is -3.79. The molecule has 2 amide bonds. The molecule has 0 atom stereocenters. The van der Waals surface area contributed by atoms with Gasteiger partial charge in [0, 0.05) is 23.9 Å². The molecule has 0 spiro atoms. The summed E-state index contributed by atoms with van der Waals surface area (Å²) < 4.78 is 28.0. The van der Waals surface area contributed by atoms with Crippen LogP contribution in [0.15, 0.2) is 71.6 Å². The molecule has 0 saturated carbocycles. The van der Waals surface area contributed by atoms with E-state index in [1.165, 1.54) is 25.1 Å². The SMILES string of the molecule is CC(=O)Nc1cccc(NC(=O)c2ccc(C)c(NS(=O)(=O)c3ccc(C)cc3)c2)c1. The van der Waals surface area contributed by atoms with Gasteiger partial charge in [-0.1, -0.05) is 29.8 Å².